The van der Waals surface area contributed by atoms with Crippen molar-refractivity contribution in [1.29, 1.82) is 0 Å². The molecule has 0 radical (unpaired) electrons. The molecule has 10 heteroatoms. The Bertz CT molecular complexity index is 1570. The van der Waals surface area contributed by atoms with Gasteiger partial charge in [-0.15, -0.1) is 0 Å². The lowest BCUT2D eigenvalue weighted by atomic mass is 10.1. The number of rotatable bonds is 4. The highest BCUT2D eigenvalue weighted by atomic mass is 16.5. The van der Waals surface area contributed by atoms with E-state index in [0.717, 1.165) is 47.1 Å². The van der Waals surface area contributed by atoms with E-state index in [1.165, 1.54) is 10.8 Å². The fourth-order valence-electron chi connectivity index (χ4n) is 5.02. The molecule has 0 aliphatic carbocycles. The van der Waals surface area contributed by atoms with Gasteiger partial charge in [0.05, 0.1) is 35.9 Å². The van der Waals surface area contributed by atoms with Gasteiger partial charge in [0.15, 0.2) is 5.65 Å². The van der Waals surface area contributed by atoms with Gasteiger partial charge in [-0.25, -0.2) is 14.8 Å². The molecule has 0 spiro atoms. The van der Waals surface area contributed by atoms with Crippen molar-refractivity contribution >= 4 is 27.6 Å². The Balaban J connectivity index is 1.43. The molecule has 1 aliphatic heterocycles. The van der Waals surface area contributed by atoms with E-state index in [0.29, 0.717) is 17.8 Å². The fraction of sp³-hybridized carbons (Fsp3) is 0.375. The van der Waals surface area contributed by atoms with Crippen LogP contribution in [0.25, 0.3) is 27.6 Å². The molecule has 1 aliphatic rings. The first-order valence-electron chi connectivity index (χ1n) is 11.5. The van der Waals surface area contributed by atoms with Crippen LogP contribution in [0.1, 0.15) is 25.0 Å². The minimum Gasteiger partial charge on any atom is -0.373 e. The molecule has 6 rings (SSSR count). The van der Waals surface area contributed by atoms with Gasteiger partial charge in [0, 0.05) is 38.3 Å². The van der Waals surface area contributed by atoms with Crippen molar-refractivity contribution in [2.75, 3.05) is 13.1 Å². The third-order valence-electron chi connectivity index (χ3n) is 6.44. The number of ether oxygens (including phenoxy) is 1. The number of pyridine rings is 1. The standard InChI is InChI=1S/C24H26N8O2/c1-15-10-30(11-16(2)34-15)12-18-6-20-22(25-8-18)31(24(33)32-23(20)26-14-28-32)13-17-4-5-19-9-27-29(3)21(19)7-17/h4-9,14-16H,10-13H2,1-3H3/t15-,16+. The number of aromatic nitrogens is 7. The highest BCUT2D eigenvalue weighted by Crippen LogP contribution is 2.21. The number of aryl methyl sites for hydroxylation is 1. The molecular formula is C24H26N8O2. The Labute approximate surface area is 195 Å². The van der Waals surface area contributed by atoms with Gasteiger partial charge in [0.25, 0.3) is 0 Å². The summed E-state index contributed by atoms with van der Waals surface area (Å²) in [5, 5.41) is 10.4. The molecular weight excluding hydrogens is 432 g/mol. The summed E-state index contributed by atoms with van der Waals surface area (Å²) in [5.74, 6) is 0. The van der Waals surface area contributed by atoms with E-state index >= 15 is 0 Å². The number of hydrogen-bond donors (Lipinski definition) is 0. The summed E-state index contributed by atoms with van der Waals surface area (Å²) in [6, 6.07) is 8.18. The maximum Gasteiger partial charge on any atom is 0.352 e. The molecule has 0 amide bonds. The average Bonchev–Trinajstić information content (AvgIpc) is 3.44. The predicted octanol–water partition coefficient (Wildman–Crippen LogP) is 1.98. The molecule has 10 nitrogen and oxygen atoms in total. The Kier molecular flexibility index (Phi) is 4.93. The number of benzene rings is 1. The highest BCUT2D eigenvalue weighted by Gasteiger charge is 2.23. The van der Waals surface area contributed by atoms with E-state index in [4.69, 9.17) is 9.72 Å². The summed E-state index contributed by atoms with van der Waals surface area (Å²) in [5.41, 5.74) is 3.93. The van der Waals surface area contributed by atoms with Crippen molar-refractivity contribution < 1.29 is 4.74 Å². The number of fused-ring (bicyclic) bond motifs is 4. The highest BCUT2D eigenvalue weighted by molar-refractivity contribution is 5.89. The van der Waals surface area contributed by atoms with E-state index in [-0.39, 0.29) is 17.9 Å². The Morgan fingerprint density at radius 3 is 2.62 bits per heavy atom. The summed E-state index contributed by atoms with van der Waals surface area (Å²) in [7, 11) is 1.91. The molecule has 0 saturated carbocycles. The zero-order valence-corrected chi connectivity index (χ0v) is 19.4. The van der Waals surface area contributed by atoms with Crippen LogP contribution >= 0.6 is 0 Å². The first-order valence-corrected chi connectivity index (χ1v) is 11.5. The molecule has 1 aromatic carbocycles. The van der Waals surface area contributed by atoms with Gasteiger partial charge in [-0.2, -0.15) is 14.7 Å². The van der Waals surface area contributed by atoms with Crippen LogP contribution in [0.4, 0.5) is 0 Å². The van der Waals surface area contributed by atoms with Crippen LogP contribution in [0.3, 0.4) is 0 Å². The smallest absolute Gasteiger partial charge is 0.352 e. The molecule has 0 unspecified atom stereocenters. The van der Waals surface area contributed by atoms with Gasteiger partial charge in [0.2, 0.25) is 0 Å². The second kappa shape index (κ2) is 8.00. The largest absolute Gasteiger partial charge is 0.373 e. The molecule has 1 saturated heterocycles. The van der Waals surface area contributed by atoms with Gasteiger partial charge in [-0.1, -0.05) is 12.1 Å². The third-order valence-corrected chi connectivity index (χ3v) is 6.44. The SMILES string of the molecule is C[C@@H]1CN(Cc2cnc3c(c2)c2ncnn2c(=O)n3Cc2ccc3cnn(C)c3c2)C[C@H](C)O1. The van der Waals surface area contributed by atoms with Gasteiger partial charge >= 0.3 is 5.69 Å². The molecule has 5 aromatic rings. The fourth-order valence-corrected chi connectivity index (χ4v) is 5.02. The lowest BCUT2D eigenvalue weighted by Crippen LogP contribution is -2.44. The minimum absolute atomic E-state index is 0.197. The second-order valence-electron chi connectivity index (χ2n) is 9.19. The normalized spacial score (nSPS) is 19.5. The number of hydrogen-bond acceptors (Lipinski definition) is 7. The predicted molar refractivity (Wildman–Crippen MR) is 128 cm³/mol. The van der Waals surface area contributed by atoms with Gasteiger partial charge in [-0.3, -0.25) is 14.1 Å². The summed E-state index contributed by atoms with van der Waals surface area (Å²) >= 11 is 0. The van der Waals surface area contributed by atoms with Crippen LogP contribution in [0, 0.1) is 0 Å². The molecule has 0 N–H and O–H groups in total. The lowest BCUT2D eigenvalue weighted by Gasteiger charge is -2.35. The van der Waals surface area contributed by atoms with Gasteiger partial charge in [-0.05, 0) is 37.1 Å². The first-order chi connectivity index (χ1) is 16.5. The second-order valence-corrected chi connectivity index (χ2v) is 9.19. The van der Waals surface area contributed by atoms with Crippen LogP contribution in [-0.2, 0) is 24.9 Å². The average molecular weight is 459 g/mol. The maximum absolute atomic E-state index is 13.3. The maximum atomic E-state index is 13.3. The van der Waals surface area contributed by atoms with Crippen LogP contribution in [0.15, 0.2) is 47.8 Å². The molecule has 2 atom stereocenters. The van der Waals surface area contributed by atoms with E-state index in [1.54, 1.807) is 4.57 Å². The molecule has 1 fully saturated rings. The van der Waals surface area contributed by atoms with Crippen molar-refractivity contribution in [3.63, 3.8) is 0 Å². The van der Waals surface area contributed by atoms with Gasteiger partial charge in [0.1, 0.15) is 12.0 Å². The quantitative estimate of drug-likeness (QED) is 0.406. The lowest BCUT2D eigenvalue weighted by molar-refractivity contribution is -0.0705. The zero-order chi connectivity index (χ0) is 23.4. The summed E-state index contributed by atoms with van der Waals surface area (Å²) in [4.78, 5) is 24.8. The number of morpholine rings is 1. The van der Waals surface area contributed by atoms with E-state index in [1.807, 2.05) is 36.3 Å². The van der Waals surface area contributed by atoms with Crippen molar-refractivity contribution in [2.45, 2.75) is 39.1 Å². The zero-order valence-electron chi connectivity index (χ0n) is 19.4. The van der Waals surface area contributed by atoms with Gasteiger partial charge < -0.3 is 4.74 Å². The van der Waals surface area contributed by atoms with Crippen molar-refractivity contribution in [3.05, 3.63) is 64.6 Å². The van der Waals surface area contributed by atoms with Crippen molar-refractivity contribution in [1.82, 2.24) is 38.8 Å². The molecule has 34 heavy (non-hydrogen) atoms. The Morgan fingerprint density at radius 1 is 0.971 bits per heavy atom. The van der Waals surface area contributed by atoms with E-state index in [2.05, 4.69) is 46.1 Å². The topological polar surface area (TPSA) is 95.4 Å². The summed E-state index contributed by atoms with van der Waals surface area (Å²) in [6.45, 7) is 7.08. The van der Waals surface area contributed by atoms with Crippen LogP contribution in [0.2, 0.25) is 0 Å². The van der Waals surface area contributed by atoms with E-state index in [9.17, 15) is 4.79 Å². The monoisotopic (exact) mass is 458 g/mol. The molecule has 4 aromatic heterocycles. The molecule has 5 heterocycles. The molecule has 0 bridgehead atoms. The summed E-state index contributed by atoms with van der Waals surface area (Å²) < 4.78 is 10.7. The van der Waals surface area contributed by atoms with Crippen LogP contribution in [-0.4, -0.2) is 64.1 Å². The third kappa shape index (κ3) is 3.55. The van der Waals surface area contributed by atoms with Crippen LogP contribution < -0.4 is 5.69 Å². The molecule has 174 valence electrons. The van der Waals surface area contributed by atoms with Crippen molar-refractivity contribution in [2.24, 2.45) is 7.05 Å². The Hall–Kier alpha value is -3.63. The Morgan fingerprint density at radius 2 is 1.79 bits per heavy atom. The van der Waals surface area contributed by atoms with Crippen molar-refractivity contribution in [3.8, 4) is 0 Å². The van der Waals surface area contributed by atoms with Crippen LogP contribution in [0.5, 0.6) is 0 Å². The summed E-state index contributed by atoms with van der Waals surface area (Å²) in [6.07, 6.45) is 5.51. The number of nitrogens with zero attached hydrogens (tertiary/aromatic N) is 8. The van der Waals surface area contributed by atoms with E-state index < -0.39 is 0 Å². The first kappa shape index (κ1) is 20.9. The minimum atomic E-state index is -0.263.